The molecule has 4 rings (SSSR count). The Balaban J connectivity index is 0.000000472. The first-order valence-corrected chi connectivity index (χ1v) is 12.7. The summed E-state index contributed by atoms with van der Waals surface area (Å²) in [5.41, 5.74) is 6.31. The van der Waals surface area contributed by atoms with Gasteiger partial charge >= 0.3 is 11.9 Å². The highest BCUT2D eigenvalue weighted by molar-refractivity contribution is 6.41. The first-order chi connectivity index (χ1) is 19.0. The van der Waals surface area contributed by atoms with Crippen molar-refractivity contribution in [2.75, 3.05) is 34.8 Å². The molecule has 0 fully saturated rings. The molecule has 2 aromatic carbocycles. The van der Waals surface area contributed by atoms with Crippen molar-refractivity contribution in [3.05, 3.63) is 74.5 Å². The van der Waals surface area contributed by atoms with E-state index < -0.39 is 29.4 Å². The Morgan fingerprint density at radius 1 is 1.07 bits per heavy atom. The summed E-state index contributed by atoms with van der Waals surface area (Å²) < 4.78 is 0. The number of carbonyl (C=O) groups excluding carboxylic acids is 1. The molecule has 40 heavy (non-hydrogen) atoms. The molecule has 1 aliphatic heterocycles. The van der Waals surface area contributed by atoms with Gasteiger partial charge in [0.05, 0.1) is 16.1 Å². The smallest absolute Gasteiger partial charge is 0.326 e. The normalized spacial score (nSPS) is 14.2. The predicted molar refractivity (Wildman–Crippen MR) is 152 cm³/mol. The highest BCUT2D eigenvalue weighted by atomic mass is 35.5. The Morgan fingerprint density at radius 2 is 1.73 bits per heavy atom. The number of carboxylic acids is 2. The van der Waals surface area contributed by atoms with Crippen LogP contribution in [0.2, 0.25) is 10.0 Å². The van der Waals surface area contributed by atoms with Gasteiger partial charge in [-0.3, -0.25) is 14.4 Å². The lowest BCUT2D eigenvalue weighted by molar-refractivity contribution is -0.140. The SMILES string of the molecule is Clc1ccccc1Cl.Nc1nc(=O)c2c([nH]1)NC[C@@H](CNc1ccc(C(=O)N[C@@H](CCC(=O)O)C(=O)O)cc1)N2. The van der Waals surface area contributed by atoms with Crippen LogP contribution in [0.4, 0.5) is 23.1 Å². The zero-order valence-electron chi connectivity index (χ0n) is 20.9. The number of aromatic amines is 1. The second-order valence-electron chi connectivity index (χ2n) is 8.57. The number of aliphatic carboxylic acids is 2. The van der Waals surface area contributed by atoms with Crippen molar-refractivity contribution in [2.24, 2.45) is 0 Å². The molecule has 0 radical (unpaired) electrons. The lowest BCUT2D eigenvalue weighted by Crippen LogP contribution is -2.41. The number of fused-ring (bicyclic) bond motifs is 1. The maximum Gasteiger partial charge on any atom is 0.326 e. The van der Waals surface area contributed by atoms with Gasteiger partial charge in [-0.25, -0.2) is 4.79 Å². The minimum atomic E-state index is -1.30. The summed E-state index contributed by atoms with van der Waals surface area (Å²) in [5, 5.41) is 30.7. The highest BCUT2D eigenvalue weighted by Crippen LogP contribution is 2.21. The van der Waals surface area contributed by atoms with Gasteiger partial charge in [-0.1, -0.05) is 35.3 Å². The van der Waals surface area contributed by atoms with Crippen molar-refractivity contribution >= 4 is 64.2 Å². The molecule has 13 nitrogen and oxygen atoms in total. The number of hydrogen-bond acceptors (Lipinski definition) is 9. The highest BCUT2D eigenvalue weighted by Gasteiger charge is 2.22. The number of halogens is 2. The van der Waals surface area contributed by atoms with Crippen LogP contribution in [0.25, 0.3) is 0 Å². The van der Waals surface area contributed by atoms with Crippen LogP contribution < -0.4 is 32.6 Å². The minimum absolute atomic E-state index is 0.0281. The predicted octanol–water partition coefficient (Wildman–Crippen LogP) is 2.71. The van der Waals surface area contributed by atoms with Crippen LogP contribution in [0.3, 0.4) is 0 Å². The maximum atomic E-state index is 12.3. The van der Waals surface area contributed by atoms with E-state index in [4.69, 9.17) is 39.1 Å². The molecule has 0 bridgehead atoms. The van der Waals surface area contributed by atoms with Crippen LogP contribution >= 0.6 is 23.2 Å². The van der Waals surface area contributed by atoms with E-state index in [1.165, 1.54) is 12.1 Å². The molecule has 0 unspecified atom stereocenters. The van der Waals surface area contributed by atoms with E-state index >= 15 is 0 Å². The van der Waals surface area contributed by atoms with Crippen molar-refractivity contribution in [3.8, 4) is 0 Å². The molecule has 0 spiro atoms. The third kappa shape index (κ3) is 8.78. The minimum Gasteiger partial charge on any atom is -0.481 e. The number of aromatic nitrogens is 2. The number of carboxylic acid groups (broad SMARTS) is 2. The van der Waals surface area contributed by atoms with Crippen molar-refractivity contribution in [3.63, 3.8) is 0 Å². The van der Waals surface area contributed by atoms with E-state index in [-0.39, 0.29) is 30.4 Å². The van der Waals surface area contributed by atoms with Gasteiger partial charge in [0, 0.05) is 30.8 Å². The van der Waals surface area contributed by atoms with Crippen LogP contribution in [0, 0.1) is 0 Å². The number of H-pyrrole nitrogens is 1. The summed E-state index contributed by atoms with van der Waals surface area (Å²) in [6.07, 6.45) is -0.587. The Morgan fingerprint density at radius 3 is 2.30 bits per heavy atom. The average Bonchev–Trinajstić information content (AvgIpc) is 2.92. The zero-order chi connectivity index (χ0) is 29.2. The number of anilines is 4. The zero-order valence-corrected chi connectivity index (χ0v) is 22.4. The number of benzene rings is 2. The Labute approximate surface area is 238 Å². The van der Waals surface area contributed by atoms with Crippen molar-refractivity contribution in [2.45, 2.75) is 24.9 Å². The van der Waals surface area contributed by atoms with Gasteiger partial charge < -0.3 is 42.2 Å². The summed E-state index contributed by atoms with van der Waals surface area (Å²) in [5.74, 6) is -2.55. The monoisotopic (exact) mass is 591 g/mol. The summed E-state index contributed by atoms with van der Waals surface area (Å²) >= 11 is 11.2. The van der Waals surface area contributed by atoms with E-state index in [1.807, 2.05) is 12.1 Å². The summed E-state index contributed by atoms with van der Waals surface area (Å²) in [6.45, 7) is 0.977. The molecule has 3 aromatic rings. The van der Waals surface area contributed by atoms with Gasteiger partial charge in [0.1, 0.15) is 17.5 Å². The fraction of sp³-hybridized carbons (Fsp3) is 0.240. The second-order valence-corrected chi connectivity index (χ2v) is 9.38. The van der Waals surface area contributed by atoms with Gasteiger partial charge in [0.2, 0.25) is 5.95 Å². The fourth-order valence-electron chi connectivity index (χ4n) is 3.55. The molecular weight excluding hydrogens is 565 g/mol. The first kappa shape index (κ1) is 30.1. The number of carbonyl (C=O) groups is 3. The van der Waals surface area contributed by atoms with Crippen molar-refractivity contribution in [1.82, 2.24) is 15.3 Å². The standard InChI is InChI=1S/C19H23N7O6.C6H4Cl2/c20-19-25-15-14(17(30)26-19)23-11(8-22-15)7-21-10-3-1-9(2-4-10)16(29)24-12(18(31)32)5-6-13(27)28;7-5-3-1-2-4-6(5)8/h1-4,11-12,21,23H,5-8H2,(H,24,29)(H,27,28)(H,31,32)(H4,20,22,25,26,30);1-4H/t11-,12+;/m1./s1. The second kappa shape index (κ2) is 14.1. The molecule has 1 aromatic heterocycles. The first-order valence-electron chi connectivity index (χ1n) is 11.9. The van der Waals surface area contributed by atoms with Gasteiger partial charge in [-0.15, -0.1) is 0 Å². The Bertz CT molecular complexity index is 1400. The van der Waals surface area contributed by atoms with E-state index in [1.54, 1.807) is 24.3 Å². The molecule has 0 saturated carbocycles. The van der Waals surface area contributed by atoms with Crippen LogP contribution in [-0.2, 0) is 9.59 Å². The third-order valence-electron chi connectivity index (χ3n) is 5.59. The number of amides is 1. The molecule has 2 atom stereocenters. The molecular formula is C25H27Cl2N7O6. The van der Waals surface area contributed by atoms with Crippen LogP contribution in [0.1, 0.15) is 23.2 Å². The molecule has 0 saturated heterocycles. The quantitative estimate of drug-likeness (QED) is 0.181. The fourth-order valence-corrected chi connectivity index (χ4v) is 3.82. The van der Waals surface area contributed by atoms with E-state index in [0.29, 0.717) is 40.3 Å². The molecule has 0 aliphatic carbocycles. The molecule has 1 aliphatic rings. The maximum absolute atomic E-state index is 12.3. The Kier molecular flexibility index (Phi) is 10.6. The lowest BCUT2D eigenvalue weighted by atomic mass is 10.1. The molecule has 15 heteroatoms. The molecule has 212 valence electrons. The van der Waals surface area contributed by atoms with E-state index in [0.717, 1.165) is 0 Å². The number of rotatable bonds is 9. The summed E-state index contributed by atoms with van der Waals surface area (Å²) in [4.78, 5) is 52.5. The van der Waals surface area contributed by atoms with Crippen molar-refractivity contribution in [1.29, 1.82) is 0 Å². The number of hydrogen-bond donors (Lipinski definition) is 8. The summed E-state index contributed by atoms with van der Waals surface area (Å²) in [6, 6.07) is 12.1. The van der Waals surface area contributed by atoms with Crippen molar-refractivity contribution < 1.29 is 24.6 Å². The van der Waals surface area contributed by atoms with Crippen LogP contribution in [0.15, 0.2) is 53.3 Å². The van der Waals surface area contributed by atoms with E-state index in [9.17, 15) is 19.2 Å². The van der Waals surface area contributed by atoms with Crippen LogP contribution in [-0.4, -0.2) is 63.2 Å². The topological polar surface area (TPSA) is 212 Å². The van der Waals surface area contributed by atoms with E-state index in [2.05, 4.69) is 31.2 Å². The largest absolute Gasteiger partial charge is 0.481 e. The Hall–Kier alpha value is -4.49. The van der Waals surface area contributed by atoms with Gasteiger partial charge in [-0.05, 0) is 42.8 Å². The summed E-state index contributed by atoms with van der Waals surface area (Å²) in [7, 11) is 0. The number of nitrogen functional groups attached to an aromatic ring is 1. The number of nitrogens with zero attached hydrogens (tertiary/aromatic N) is 1. The van der Waals surface area contributed by atoms with Gasteiger partial charge in [-0.2, -0.15) is 4.98 Å². The number of nitrogens with two attached hydrogens (primary N) is 1. The molecule has 1 amide bonds. The number of nitrogens with one attached hydrogen (secondary N) is 5. The average molecular weight is 592 g/mol. The van der Waals surface area contributed by atoms with Gasteiger partial charge in [0.15, 0.2) is 0 Å². The third-order valence-corrected chi connectivity index (χ3v) is 6.34. The van der Waals surface area contributed by atoms with Gasteiger partial charge in [0.25, 0.3) is 11.5 Å². The lowest BCUT2D eigenvalue weighted by Gasteiger charge is -2.27. The molecule has 2 heterocycles. The molecule has 9 N–H and O–H groups in total. The van der Waals surface area contributed by atoms with Crippen LogP contribution in [0.5, 0.6) is 0 Å².